The second-order valence-corrected chi connectivity index (χ2v) is 9.63. The first-order valence-electron chi connectivity index (χ1n) is 13.0. The van der Waals surface area contributed by atoms with Crippen molar-refractivity contribution in [2.24, 2.45) is 5.92 Å². The van der Waals surface area contributed by atoms with Crippen LogP contribution in [-0.2, 0) is 16.0 Å². The third-order valence-corrected chi connectivity index (χ3v) is 6.66. The fourth-order valence-corrected chi connectivity index (χ4v) is 4.36. The maximum atomic E-state index is 11.0. The molecule has 2 fully saturated rings. The van der Waals surface area contributed by atoms with Crippen LogP contribution in [0.25, 0.3) is 0 Å². The maximum absolute atomic E-state index is 11.0. The van der Waals surface area contributed by atoms with Gasteiger partial charge in [-0.05, 0) is 102 Å². The zero-order valence-corrected chi connectivity index (χ0v) is 22.4. The van der Waals surface area contributed by atoms with Crippen molar-refractivity contribution in [2.45, 2.75) is 44.9 Å². The highest BCUT2D eigenvalue weighted by atomic mass is 16.5. The topological polar surface area (TPSA) is 89.0 Å². The Kier molecular flexibility index (Phi) is 14.1. The van der Waals surface area contributed by atoms with Crippen molar-refractivity contribution in [1.29, 1.82) is 0 Å². The molecule has 0 saturated carbocycles. The molecule has 202 valence electrons. The molecule has 0 atom stereocenters. The van der Waals surface area contributed by atoms with Gasteiger partial charge in [0.15, 0.2) is 0 Å². The Morgan fingerprint density at radius 1 is 1.00 bits per heavy atom. The van der Waals surface area contributed by atoms with Crippen molar-refractivity contribution >= 4 is 18.7 Å². The van der Waals surface area contributed by atoms with Gasteiger partial charge in [0.1, 0.15) is 12.0 Å². The first kappa shape index (κ1) is 30.1. The number of aryl methyl sites for hydroxylation is 1. The van der Waals surface area contributed by atoms with Crippen LogP contribution in [0, 0.1) is 5.92 Å². The predicted octanol–water partition coefficient (Wildman–Crippen LogP) is 4.28. The Morgan fingerprint density at radius 2 is 1.70 bits per heavy atom. The summed E-state index contributed by atoms with van der Waals surface area (Å²) in [7, 11) is 5.65. The minimum absolute atomic E-state index is 0.206. The number of aldehydes is 1. The molecule has 0 amide bonds. The number of carbonyl (C=O) groups is 3. The predicted molar refractivity (Wildman–Crippen MR) is 144 cm³/mol. The van der Waals surface area contributed by atoms with Crippen molar-refractivity contribution in [2.75, 3.05) is 47.4 Å². The fraction of sp³-hybridized carbons (Fsp3) is 0.517. The van der Waals surface area contributed by atoms with Crippen LogP contribution in [0.5, 0.6) is 5.75 Å². The molecule has 2 aliphatic heterocycles. The molecule has 2 saturated heterocycles. The van der Waals surface area contributed by atoms with Gasteiger partial charge < -0.3 is 19.3 Å². The van der Waals surface area contributed by atoms with E-state index in [1.54, 1.807) is 0 Å². The average molecular weight is 512 g/mol. The number of aromatic nitrogens is 1. The van der Waals surface area contributed by atoms with Crippen LogP contribution in [0.1, 0.15) is 64.8 Å². The molecule has 2 aromatic rings. The number of piperidine rings is 2. The first-order chi connectivity index (χ1) is 17.9. The maximum Gasteiger partial charge on any atom is 0.339 e. The van der Waals surface area contributed by atoms with Gasteiger partial charge in [0, 0.05) is 11.8 Å². The highest BCUT2D eigenvalue weighted by Crippen LogP contribution is 2.21. The molecule has 0 aliphatic carbocycles. The van der Waals surface area contributed by atoms with Crippen LogP contribution >= 0.6 is 0 Å². The molecule has 0 spiro atoms. The van der Waals surface area contributed by atoms with Crippen molar-refractivity contribution in [3.63, 3.8) is 0 Å². The van der Waals surface area contributed by atoms with Gasteiger partial charge in [-0.3, -0.25) is 14.6 Å². The summed E-state index contributed by atoms with van der Waals surface area (Å²) >= 11 is 0. The molecule has 0 N–H and O–H groups in total. The zero-order valence-electron chi connectivity index (χ0n) is 22.4. The van der Waals surface area contributed by atoms with Crippen LogP contribution in [0.4, 0.5) is 0 Å². The highest BCUT2D eigenvalue weighted by molar-refractivity contribution is 5.89. The van der Waals surface area contributed by atoms with Crippen molar-refractivity contribution in [3.05, 3.63) is 59.4 Å². The highest BCUT2D eigenvalue weighted by Gasteiger charge is 2.16. The Bertz CT molecular complexity index is 954. The number of hydrogen-bond acceptors (Lipinski definition) is 8. The molecule has 8 nitrogen and oxygen atoms in total. The molecule has 4 rings (SSSR count). The molecule has 0 unspecified atom stereocenters. The largest absolute Gasteiger partial charge is 0.465 e. The zero-order chi connectivity index (χ0) is 26.9. The lowest BCUT2D eigenvalue weighted by Gasteiger charge is -2.28. The number of esters is 1. The van der Waals surface area contributed by atoms with Crippen molar-refractivity contribution in [1.82, 2.24) is 14.8 Å². The molecular weight excluding hydrogens is 470 g/mol. The van der Waals surface area contributed by atoms with Crippen LogP contribution in [0.15, 0.2) is 42.7 Å². The number of carbonyl (C=O) groups excluding carboxylic acids is 3. The molecule has 1 aromatic carbocycles. The van der Waals surface area contributed by atoms with E-state index >= 15 is 0 Å². The van der Waals surface area contributed by atoms with E-state index < -0.39 is 5.97 Å². The minimum atomic E-state index is -0.524. The van der Waals surface area contributed by atoms with Crippen LogP contribution in [0.2, 0.25) is 0 Å². The number of benzene rings is 1. The van der Waals surface area contributed by atoms with Crippen LogP contribution in [-0.4, -0.2) is 80.9 Å². The third-order valence-electron chi connectivity index (χ3n) is 6.66. The smallest absolute Gasteiger partial charge is 0.339 e. The van der Waals surface area contributed by atoms with Gasteiger partial charge in [-0.15, -0.1) is 0 Å². The summed E-state index contributed by atoms with van der Waals surface area (Å²) < 4.78 is 8.94. The summed E-state index contributed by atoms with van der Waals surface area (Å²) in [6.07, 6.45) is 12.9. The van der Waals surface area contributed by atoms with Gasteiger partial charge >= 0.3 is 5.97 Å². The Labute approximate surface area is 221 Å². The molecule has 3 heterocycles. The second-order valence-electron chi connectivity index (χ2n) is 9.63. The molecule has 2 aliphatic rings. The van der Waals surface area contributed by atoms with E-state index in [2.05, 4.69) is 44.4 Å². The van der Waals surface area contributed by atoms with E-state index in [4.69, 9.17) is 0 Å². The summed E-state index contributed by atoms with van der Waals surface area (Å²) in [5, 5.41) is 0. The lowest BCUT2D eigenvalue weighted by molar-refractivity contribution is -0.120. The van der Waals surface area contributed by atoms with E-state index in [1.807, 2.05) is 18.2 Å². The van der Waals surface area contributed by atoms with Crippen LogP contribution < -0.4 is 4.74 Å². The molecule has 0 radical (unpaired) electrons. The Morgan fingerprint density at radius 3 is 2.30 bits per heavy atom. The SMILES string of the molecule is CN1CCC(CCc2cccc(C=O)c2)CC1.CN1CCCCC1.COC(=O)c1cncc(OC=O)c1. The van der Waals surface area contributed by atoms with Crippen molar-refractivity contribution < 1.29 is 23.9 Å². The summed E-state index contributed by atoms with van der Waals surface area (Å²) in [6.45, 7) is 5.37. The summed E-state index contributed by atoms with van der Waals surface area (Å²) in [5.74, 6) is 0.549. The monoisotopic (exact) mass is 511 g/mol. The van der Waals surface area contributed by atoms with Gasteiger partial charge in [-0.1, -0.05) is 24.6 Å². The first-order valence-corrected chi connectivity index (χ1v) is 13.0. The number of ether oxygens (including phenoxy) is 2. The normalized spacial score (nSPS) is 16.3. The molecule has 1 aromatic heterocycles. The lowest BCUT2D eigenvalue weighted by Crippen LogP contribution is -2.30. The van der Waals surface area contributed by atoms with E-state index in [0.717, 1.165) is 24.2 Å². The van der Waals surface area contributed by atoms with Gasteiger partial charge in [0.05, 0.1) is 18.9 Å². The summed E-state index contributed by atoms with van der Waals surface area (Å²) in [6, 6.07) is 9.36. The standard InChI is InChI=1S/C15H21NO.C8H7NO4.C6H13N/c1-16-9-7-13(8-10-16)5-6-14-3-2-4-15(11-14)12-17;1-12-8(11)6-2-7(13-5-10)4-9-3-6;1-7-5-3-2-4-6-7/h2-4,11-13H,5-10H2,1H3;2-5H,1H3;2-6H2,1H3. The number of likely N-dealkylation sites (tertiary alicyclic amines) is 2. The van der Waals surface area contributed by atoms with Crippen LogP contribution in [0.3, 0.4) is 0 Å². The van der Waals surface area contributed by atoms with E-state index in [0.29, 0.717) is 0 Å². The molecular formula is C29H41N3O5. The number of methoxy groups -OCH3 is 1. The van der Waals surface area contributed by atoms with Gasteiger partial charge in [-0.25, -0.2) is 4.79 Å². The van der Waals surface area contributed by atoms with Gasteiger partial charge in [0.25, 0.3) is 6.47 Å². The van der Waals surface area contributed by atoms with Gasteiger partial charge in [0.2, 0.25) is 0 Å². The quantitative estimate of drug-likeness (QED) is 0.402. The number of pyridine rings is 1. The fourth-order valence-electron chi connectivity index (χ4n) is 4.36. The molecule has 8 heteroatoms. The third kappa shape index (κ3) is 12.1. The number of hydrogen-bond donors (Lipinski definition) is 0. The minimum Gasteiger partial charge on any atom is -0.465 e. The number of rotatable bonds is 7. The van der Waals surface area contributed by atoms with E-state index in [1.165, 1.54) is 95.8 Å². The lowest BCUT2D eigenvalue weighted by atomic mass is 9.90. The summed E-state index contributed by atoms with van der Waals surface area (Å²) in [5.41, 5.74) is 2.33. The van der Waals surface area contributed by atoms with E-state index in [-0.39, 0.29) is 17.8 Å². The van der Waals surface area contributed by atoms with Crippen molar-refractivity contribution in [3.8, 4) is 5.75 Å². The average Bonchev–Trinajstić information content (AvgIpc) is 2.94. The summed E-state index contributed by atoms with van der Waals surface area (Å²) in [4.78, 5) is 40.1. The van der Waals surface area contributed by atoms with Gasteiger partial charge in [-0.2, -0.15) is 0 Å². The second kappa shape index (κ2) is 17.4. The Hall–Kier alpha value is -3.10. The van der Waals surface area contributed by atoms with E-state index in [9.17, 15) is 14.4 Å². The Balaban J connectivity index is 0.000000212. The number of nitrogens with zero attached hydrogens (tertiary/aromatic N) is 3. The molecule has 0 bridgehead atoms. The molecule has 37 heavy (non-hydrogen) atoms.